The lowest BCUT2D eigenvalue weighted by atomic mass is 10.1. The van der Waals surface area contributed by atoms with E-state index in [1.807, 2.05) is 0 Å². The van der Waals surface area contributed by atoms with Gasteiger partial charge in [0.15, 0.2) is 0 Å². The highest BCUT2D eigenvalue weighted by Crippen LogP contribution is 2.15. The SMILES string of the molecule is COC(=O)c1ccccc1C(=O)Nc1ccc(CC(=O)O)cc1. The summed E-state index contributed by atoms with van der Waals surface area (Å²) in [6.45, 7) is 0. The number of aliphatic carboxylic acids is 1. The lowest BCUT2D eigenvalue weighted by Crippen LogP contribution is -2.17. The van der Waals surface area contributed by atoms with Crippen LogP contribution in [0.25, 0.3) is 0 Å². The van der Waals surface area contributed by atoms with E-state index in [1.165, 1.54) is 19.2 Å². The molecule has 2 aromatic carbocycles. The van der Waals surface area contributed by atoms with Gasteiger partial charge < -0.3 is 15.2 Å². The third-order valence-corrected chi connectivity index (χ3v) is 3.14. The number of rotatable bonds is 5. The number of esters is 1. The molecule has 0 heterocycles. The Hall–Kier alpha value is -3.15. The summed E-state index contributed by atoms with van der Waals surface area (Å²) in [4.78, 5) is 34.6. The van der Waals surface area contributed by atoms with Gasteiger partial charge >= 0.3 is 11.9 Å². The third kappa shape index (κ3) is 4.16. The van der Waals surface area contributed by atoms with Crippen molar-refractivity contribution in [3.63, 3.8) is 0 Å². The molecule has 0 bridgehead atoms. The highest BCUT2D eigenvalue weighted by atomic mass is 16.5. The maximum atomic E-state index is 12.3. The van der Waals surface area contributed by atoms with Gasteiger partial charge in [-0.05, 0) is 29.8 Å². The molecule has 2 N–H and O–H groups in total. The average Bonchev–Trinajstić information content (AvgIpc) is 2.55. The van der Waals surface area contributed by atoms with Crippen molar-refractivity contribution < 1.29 is 24.2 Å². The zero-order chi connectivity index (χ0) is 16.8. The summed E-state index contributed by atoms with van der Waals surface area (Å²) in [6.07, 6.45) is -0.0839. The highest BCUT2D eigenvalue weighted by molar-refractivity contribution is 6.11. The summed E-state index contributed by atoms with van der Waals surface area (Å²) in [5, 5.41) is 11.4. The molecule has 23 heavy (non-hydrogen) atoms. The molecule has 0 aliphatic heterocycles. The fourth-order valence-electron chi connectivity index (χ4n) is 2.05. The van der Waals surface area contributed by atoms with Gasteiger partial charge in [0.1, 0.15) is 0 Å². The number of hydrogen-bond donors (Lipinski definition) is 2. The van der Waals surface area contributed by atoms with Crippen LogP contribution < -0.4 is 5.32 Å². The van der Waals surface area contributed by atoms with Gasteiger partial charge in [0, 0.05) is 5.69 Å². The Morgan fingerprint density at radius 2 is 1.61 bits per heavy atom. The molecule has 0 atom stereocenters. The molecule has 0 aromatic heterocycles. The minimum Gasteiger partial charge on any atom is -0.481 e. The van der Waals surface area contributed by atoms with Gasteiger partial charge in [-0.15, -0.1) is 0 Å². The molecule has 2 aromatic rings. The lowest BCUT2D eigenvalue weighted by Gasteiger charge is -2.09. The van der Waals surface area contributed by atoms with E-state index in [0.717, 1.165) is 0 Å². The molecule has 0 saturated carbocycles. The number of hydrogen-bond acceptors (Lipinski definition) is 4. The number of nitrogens with one attached hydrogen (secondary N) is 1. The minimum absolute atomic E-state index is 0.0839. The summed E-state index contributed by atoms with van der Waals surface area (Å²) in [6, 6.07) is 12.8. The second-order valence-corrected chi connectivity index (χ2v) is 4.76. The zero-order valence-electron chi connectivity index (χ0n) is 12.4. The summed E-state index contributed by atoms with van der Waals surface area (Å²) >= 11 is 0. The van der Waals surface area contributed by atoms with Crippen LogP contribution in [0.4, 0.5) is 5.69 Å². The van der Waals surface area contributed by atoms with Crippen LogP contribution >= 0.6 is 0 Å². The number of methoxy groups -OCH3 is 1. The molecule has 0 aliphatic carbocycles. The first-order valence-electron chi connectivity index (χ1n) is 6.80. The maximum Gasteiger partial charge on any atom is 0.338 e. The van der Waals surface area contributed by atoms with Crippen molar-refractivity contribution in [2.45, 2.75) is 6.42 Å². The van der Waals surface area contributed by atoms with Gasteiger partial charge in [0.2, 0.25) is 0 Å². The van der Waals surface area contributed by atoms with Crippen LogP contribution in [0, 0.1) is 0 Å². The largest absolute Gasteiger partial charge is 0.481 e. The van der Waals surface area contributed by atoms with Crippen molar-refractivity contribution in [3.8, 4) is 0 Å². The summed E-state index contributed by atoms with van der Waals surface area (Å²) in [5.74, 6) is -1.96. The number of carbonyl (C=O) groups is 3. The predicted molar refractivity (Wildman–Crippen MR) is 83.5 cm³/mol. The van der Waals surface area contributed by atoms with Crippen molar-refractivity contribution in [2.75, 3.05) is 12.4 Å². The second kappa shape index (κ2) is 7.22. The summed E-state index contributed by atoms with van der Waals surface area (Å²) < 4.78 is 4.66. The molecule has 6 heteroatoms. The number of benzene rings is 2. The van der Waals surface area contributed by atoms with Crippen molar-refractivity contribution in [1.82, 2.24) is 0 Å². The van der Waals surface area contributed by atoms with Gasteiger partial charge in [0.25, 0.3) is 5.91 Å². The molecular formula is C17H15NO5. The number of carboxylic acid groups (broad SMARTS) is 1. The Balaban J connectivity index is 2.16. The topological polar surface area (TPSA) is 92.7 Å². The summed E-state index contributed by atoms with van der Waals surface area (Å²) in [7, 11) is 1.25. The zero-order valence-corrected chi connectivity index (χ0v) is 12.4. The van der Waals surface area contributed by atoms with E-state index in [0.29, 0.717) is 11.3 Å². The first kappa shape index (κ1) is 16.2. The van der Waals surface area contributed by atoms with Crippen molar-refractivity contribution >= 4 is 23.5 Å². The summed E-state index contributed by atoms with van der Waals surface area (Å²) in [5.41, 5.74) is 1.51. The lowest BCUT2D eigenvalue weighted by molar-refractivity contribution is -0.136. The normalized spacial score (nSPS) is 9.96. The minimum atomic E-state index is -0.922. The Bertz CT molecular complexity index is 737. The first-order valence-corrected chi connectivity index (χ1v) is 6.80. The van der Waals surface area contributed by atoms with E-state index in [4.69, 9.17) is 5.11 Å². The predicted octanol–water partition coefficient (Wildman–Crippen LogP) is 2.35. The van der Waals surface area contributed by atoms with Gasteiger partial charge in [-0.25, -0.2) is 4.79 Å². The number of ether oxygens (including phenoxy) is 1. The molecule has 0 fully saturated rings. The van der Waals surface area contributed by atoms with E-state index in [2.05, 4.69) is 10.1 Å². The van der Waals surface area contributed by atoms with Crippen LogP contribution in [0.2, 0.25) is 0 Å². The van der Waals surface area contributed by atoms with Crippen molar-refractivity contribution in [2.24, 2.45) is 0 Å². The van der Waals surface area contributed by atoms with E-state index in [1.54, 1.807) is 36.4 Å². The maximum absolute atomic E-state index is 12.3. The Labute approximate surface area is 132 Å². The van der Waals surface area contributed by atoms with Gasteiger partial charge in [0.05, 0.1) is 24.7 Å². The molecule has 0 aliphatic rings. The van der Waals surface area contributed by atoms with Crippen LogP contribution in [0.3, 0.4) is 0 Å². The highest BCUT2D eigenvalue weighted by Gasteiger charge is 2.17. The molecule has 6 nitrogen and oxygen atoms in total. The molecule has 0 spiro atoms. The fraction of sp³-hybridized carbons (Fsp3) is 0.118. The van der Waals surface area contributed by atoms with Crippen LogP contribution in [-0.2, 0) is 16.0 Å². The van der Waals surface area contributed by atoms with E-state index in [9.17, 15) is 14.4 Å². The smallest absolute Gasteiger partial charge is 0.338 e. The van der Waals surface area contributed by atoms with Crippen LogP contribution in [0.15, 0.2) is 48.5 Å². The van der Waals surface area contributed by atoms with Crippen LogP contribution in [0.5, 0.6) is 0 Å². The standard InChI is InChI=1S/C17H15NO5/c1-23-17(22)14-5-3-2-4-13(14)16(21)18-12-8-6-11(7-9-12)10-15(19)20/h2-9H,10H2,1H3,(H,18,21)(H,19,20). The van der Waals surface area contributed by atoms with Gasteiger partial charge in [-0.3, -0.25) is 9.59 Å². The average molecular weight is 313 g/mol. The van der Waals surface area contributed by atoms with E-state index < -0.39 is 17.8 Å². The monoisotopic (exact) mass is 313 g/mol. The number of amides is 1. The molecule has 0 radical (unpaired) electrons. The van der Waals surface area contributed by atoms with Crippen molar-refractivity contribution in [1.29, 1.82) is 0 Å². The van der Waals surface area contributed by atoms with Gasteiger partial charge in [-0.2, -0.15) is 0 Å². The molecule has 2 rings (SSSR count). The van der Waals surface area contributed by atoms with E-state index in [-0.39, 0.29) is 17.5 Å². The Morgan fingerprint density at radius 1 is 1.00 bits per heavy atom. The molecule has 118 valence electrons. The number of anilines is 1. The van der Waals surface area contributed by atoms with Crippen LogP contribution in [0.1, 0.15) is 26.3 Å². The van der Waals surface area contributed by atoms with Crippen molar-refractivity contribution in [3.05, 3.63) is 65.2 Å². The third-order valence-electron chi connectivity index (χ3n) is 3.14. The number of carbonyl (C=O) groups excluding carboxylic acids is 2. The molecule has 0 unspecified atom stereocenters. The quantitative estimate of drug-likeness (QED) is 0.827. The Morgan fingerprint density at radius 3 is 2.17 bits per heavy atom. The fourth-order valence-corrected chi connectivity index (χ4v) is 2.05. The van der Waals surface area contributed by atoms with E-state index >= 15 is 0 Å². The second-order valence-electron chi connectivity index (χ2n) is 4.76. The first-order chi connectivity index (χ1) is 11.0. The molecule has 1 amide bonds. The van der Waals surface area contributed by atoms with Crippen LogP contribution in [-0.4, -0.2) is 30.1 Å². The van der Waals surface area contributed by atoms with Gasteiger partial charge in [-0.1, -0.05) is 24.3 Å². The molecule has 0 saturated heterocycles. The molecular weight excluding hydrogens is 298 g/mol. The Kier molecular flexibility index (Phi) is 5.09. The number of carboxylic acids is 1.